The van der Waals surface area contributed by atoms with E-state index in [1.165, 1.54) is 51.4 Å². The van der Waals surface area contributed by atoms with Crippen molar-refractivity contribution in [3.05, 3.63) is 83.9 Å². The van der Waals surface area contributed by atoms with Crippen molar-refractivity contribution in [1.29, 1.82) is 0 Å². The lowest BCUT2D eigenvalue weighted by Crippen LogP contribution is -2.54. The van der Waals surface area contributed by atoms with Crippen molar-refractivity contribution in [3.63, 3.8) is 0 Å². The number of hydrogen-bond acceptors (Lipinski definition) is 8. The molecular formula is C67H67NO9S. The number of carbonyl (C=O) groups excluding carboxylic acids is 1. The molecule has 8 atom stereocenters. The van der Waals surface area contributed by atoms with Crippen LogP contribution in [0.1, 0.15) is 116 Å². The molecule has 1 amide bonds. The van der Waals surface area contributed by atoms with Gasteiger partial charge >= 0.3 is 10.4 Å². The molecule has 0 aliphatic carbocycles. The SMILES string of the molecule is CC#CC#CC#CC#CC#CC#CC#CC#CC#CC#CC#CC#CC(=O)N[C@@H](CO[C@H]1OC(COS(=O)(=O)O)[C@H](C)[C@H](C)C1C)[C@H](OCc1ccccc1)[C@@H](C=CCCCCCCCCCCCC)OCc1ccccc1. The van der Waals surface area contributed by atoms with E-state index in [1.807, 2.05) is 87.5 Å². The van der Waals surface area contributed by atoms with Crippen LogP contribution in [0.15, 0.2) is 72.8 Å². The lowest BCUT2D eigenvalue weighted by molar-refractivity contribution is -0.257. The zero-order valence-electron chi connectivity index (χ0n) is 45.3. The summed E-state index contributed by atoms with van der Waals surface area (Å²) in [6.07, 6.45) is 14.1. The molecule has 1 aliphatic rings. The van der Waals surface area contributed by atoms with E-state index in [-0.39, 0.29) is 37.6 Å². The lowest BCUT2D eigenvalue weighted by atomic mass is 9.79. The van der Waals surface area contributed by atoms with Gasteiger partial charge in [0.25, 0.3) is 5.91 Å². The molecule has 0 aromatic heterocycles. The Kier molecular flexibility index (Phi) is 34.1. The quantitative estimate of drug-likeness (QED) is 0.0390. The third kappa shape index (κ3) is 30.6. The highest BCUT2D eigenvalue weighted by Crippen LogP contribution is 2.36. The summed E-state index contributed by atoms with van der Waals surface area (Å²) in [5, 5.41) is 3.02. The van der Waals surface area contributed by atoms with Gasteiger partial charge in [-0.25, -0.2) is 4.18 Å². The third-order valence-corrected chi connectivity index (χ3v) is 12.5. The molecule has 1 fully saturated rings. The molecule has 0 saturated carbocycles. The van der Waals surface area contributed by atoms with Crippen LogP contribution in [0.2, 0.25) is 0 Å². The van der Waals surface area contributed by atoms with Gasteiger partial charge in [-0.05, 0) is 137 Å². The first-order valence-corrected chi connectivity index (χ1v) is 27.5. The van der Waals surface area contributed by atoms with Crippen LogP contribution < -0.4 is 5.32 Å². The Balaban J connectivity index is 1.88. The fourth-order valence-corrected chi connectivity index (χ4v) is 7.94. The van der Waals surface area contributed by atoms with Gasteiger partial charge in [0.15, 0.2) is 6.29 Å². The largest absolute Gasteiger partial charge is 0.397 e. The fraction of sp³-hybridized carbons (Fsp3) is 0.418. The van der Waals surface area contributed by atoms with Gasteiger partial charge < -0.3 is 24.3 Å². The minimum absolute atomic E-state index is 0.0114. The van der Waals surface area contributed by atoms with E-state index in [4.69, 9.17) is 23.1 Å². The Hall–Kier alpha value is -7.92. The molecule has 2 unspecified atom stereocenters. The summed E-state index contributed by atoms with van der Waals surface area (Å²) in [5.41, 5.74) is 1.85. The maximum absolute atomic E-state index is 13.8. The highest BCUT2D eigenvalue weighted by Gasteiger charge is 2.41. The number of ether oxygens (including phenoxy) is 4. The van der Waals surface area contributed by atoms with Crippen LogP contribution in [0.5, 0.6) is 0 Å². The van der Waals surface area contributed by atoms with Gasteiger partial charge in [0.05, 0.1) is 38.6 Å². The van der Waals surface area contributed by atoms with Crippen LogP contribution in [-0.4, -0.2) is 62.7 Å². The zero-order valence-corrected chi connectivity index (χ0v) is 46.1. The molecule has 1 aliphatic heterocycles. The van der Waals surface area contributed by atoms with Crippen LogP contribution in [0, 0.1) is 160 Å². The molecule has 0 bridgehead atoms. The molecule has 2 aromatic carbocycles. The number of allylic oxidation sites excluding steroid dienone is 1. The normalized spacial score (nSPS) is 16.6. The number of benzene rings is 2. The van der Waals surface area contributed by atoms with E-state index in [1.54, 1.807) is 6.92 Å². The van der Waals surface area contributed by atoms with Crippen molar-refractivity contribution >= 4 is 16.3 Å². The Morgan fingerprint density at radius 1 is 0.615 bits per heavy atom. The molecule has 1 saturated heterocycles. The average Bonchev–Trinajstić information content (AvgIpc) is 3.45. The van der Waals surface area contributed by atoms with Crippen molar-refractivity contribution in [2.24, 2.45) is 17.8 Å². The van der Waals surface area contributed by atoms with Gasteiger partial charge in [-0.15, -0.1) is 0 Å². The lowest BCUT2D eigenvalue weighted by Gasteiger charge is -2.43. The van der Waals surface area contributed by atoms with Crippen molar-refractivity contribution in [2.45, 2.75) is 149 Å². The molecule has 400 valence electrons. The maximum atomic E-state index is 13.8. The number of rotatable bonds is 27. The summed E-state index contributed by atoms with van der Waals surface area (Å²) in [6, 6.07) is 18.6. The third-order valence-electron chi connectivity index (χ3n) is 12.1. The first kappa shape index (κ1) is 64.4. The zero-order chi connectivity index (χ0) is 56.2. The van der Waals surface area contributed by atoms with Crippen LogP contribution >= 0.6 is 0 Å². The van der Waals surface area contributed by atoms with E-state index in [2.05, 4.69) is 160 Å². The second kappa shape index (κ2) is 41.3. The molecule has 0 spiro atoms. The van der Waals surface area contributed by atoms with Crippen molar-refractivity contribution in [1.82, 2.24) is 5.32 Å². The smallest absolute Gasteiger partial charge is 0.368 e. The molecule has 1 heterocycles. The van der Waals surface area contributed by atoms with E-state index in [0.717, 1.165) is 30.4 Å². The number of carbonyl (C=O) groups is 1. The van der Waals surface area contributed by atoms with Crippen LogP contribution in [-0.2, 0) is 51.5 Å². The van der Waals surface area contributed by atoms with Crippen LogP contribution in [0.3, 0.4) is 0 Å². The Labute approximate surface area is 466 Å². The molecule has 10 nitrogen and oxygen atoms in total. The molecule has 2 aromatic rings. The summed E-state index contributed by atoms with van der Waals surface area (Å²) in [6.45, 7) is 9.74. The highest BCUT2D eigenvalue weighted by atomic mass is 32.3. The second-order valence-electron chi connectivity index (χ2n) is 17.8. The monoisotopic (exact) mass is 1060 g/mol. The highest BCUT2D eigenvalue weighted by molar-refractivity contribution is 7.80. The number of amides is 1. The van der Waals surface area contributed by atoms with Crippen molar-refractivity contribution < 1.29 is 40.9 Å². The van der Waals surface area contributed by atoms with E-state index in [0.29, 0.717) is 0 Å². The number of unbranched alkanes of at least 4 members (excludes halogenated alkanes) is 10. The minimum atomic E-state index is -4.72. The number of hydrogen-bond donors (Lipinski definition) is 2. The van der Waals surface area contributed by atoms with Gasteiger partial charge in [-0.1, -0.05) is 164 Å². The van der Waals surface area contributed by atoms with Crippen LogP contribution in [0.4, 0.5) is 0 Å². The molecule has 11 heteroatoms. The summed E-state index contributed by atoms with van der Waals surface area (Å²) in [5.74, 6) is 60.1. The summed E-state index contributed by atoms with van der Waals surface area (Å²) in [7, 11) is -4.72. The Bertz CT molecular complexity index is 3150. The summed E-state index contributed by atoms with van der Waals surface area (Å²) < 4.78 is 63.6. The van der Waals surface area contributed by atoms with Gasteiger partial charge in [-0.2, -0.15) is 8.42 Å². The first-order chi connectivity index (χ1) is 38.0. The topological polar surface area (TPSA) is 130 Å². The maximum Gasteiger partial charge on any atom is 0.397 e. The Morgan fingerprint density at radius 2 is 1.06 bits per heavy atom. The molecule has 0 radical (unpaired) electrons. The van der Waals surface area contributed by atoms with Gasteiger partial charge in [-0.3, -0.25) is 9.35 Å². The predicted molar refractivity (Wildman–Crippen MR) is 306 cm³/mol. The fourth-order valence-electron chi connectivity index (χ4n) is 7.63. The molecule has 78 heavy (non-hydrogen) atoms. The van der Waals surface area contributed by atoms with E-state index in [9.17, 15) is 17.8 Å². The van der Waals surface area contributed by atoms with Gasteiger partial charge in [0.1, 0.15) is 12.2 Å². The summed E-state index contributed by atoms with van der Waals surface area (Å²) >= 11 is 0. The van der Waals surface area contributed by atoms with Crippen molar-refractivity contribution in [2.75, 3.05) is 13.2 Å². The molecule has 3 rings (SSSR count). The molecular weight excluding hydrogens is 995 g/mol. The second-order valence-corrected chi connectivity index (χ2v) is 18.9. The first-order valence-electron chi connectivity index (χ1n) is 26.1. The predicted octanol–water partition coefficient (Wildman–Crippen LogP) is 9.04. The van der Waals surface area contributed by atoms with Crippen LogP contribution in [0.25, 0.3) is 0 Å². The van der Waals surface area contributed by atoms with E-state index < -0.39 is 53.6 Å². The Morgan fingerprint density at radius 3 is 1.54 bits per heavy atom. The van der Waals surface area contributed by atoms with Gasteiger partial charge in [0, 0.05) is 47.4 Å². The van der Waals surface area contributed by atoms with E-state index >= 15 is 0 Å². The minimum Gasteiger partial charge on any atom is -0.368 e. The standard InChI is InChI=1S/C67H67NO9S/c1-6-8-10-12-14-16-18-20-21-22-23-24-25-26-27-28-29-30-32-34-36-38-46-52-65(69)68-62(55-75-67-59(5)57(3)58(4)64(77-67)56-76-78(70,71)72)66(74-54-61-49-43-40-44-50-61)63(73-53-60-47-41-39-42-48-60)51-45-37-35-33-31-19-17-15-13-11-9-7-2/h39-45,47-51,57-59,62-64,66-67H,7,9,11,13,15,17,19,31,33,35,37,53-56H2,1-5H3,(H,68,69)(H,70,71,72)/t57-,58+,59?,62-,63+,64?,66-,67-/m0/s1. The average molecular weight is 1060 g/mol. The number of nitrogens with one attached hydrogen (secondary N) is 1. The molecule has 2 N–H and O–H groups in total. The van der Waals surface area contributed by atoms with Crippen molar-refractivity contribution in [3.8, 4) is 142 Å². The summed E-state index contributed by atoms with van der Waals surface area (Å²) in [4.78, 5) is 13.8. The van der Waals surface area contributed by atoms with Gasteiger partial charge in [0.2, 0.25) is 0 Å².